The van der Waals surface area contributed by atoms with E-state index in [1.165, 1.54) is 12.5 Å². The van der Waals surface area contributed by atoms with Crippen LogP contribution in [0.4, 0.5) is 10.1 Å². The first kappa shape index (κ1) is 9.31. The normalized spacial score (nSPS) is 16.1. The Morgan fingerprint density at radius 1 is 1.43 bits per heavy atom. The minimum absolute atomic E-state index is 0.210. The van der Waals surface area contributed by atoms with Gasteiger partial charge in [-0.1, -0.05) is 0 Å². The van der Waals surface area contributed by atoms with E-state index in [4.69, 9.17) is 4.74 Å². The third kappa shape index (κ3) is 1.81. The van der Waals surface area contributed by atoms with Gasteiger partial charge < -0.3 is 10.1 Å². The molecule has 0 aliphatic heterocycles. The smallest absolute Gasteiger partial charge is 0.146 e. The van der Waals surface area contributed by atoms with Gasteiger partial charge in [0, 0.05) is 12.1 Å². The van der Waals surface area contributed by atoms with Gasteiger partial charge in [0.2, 0.25) is 0 Å². The average Bonchev–Trinajstić information content (AvgIpc) is 2.14. The molecule has 14 heavy (non-hydrogen) atoms. The van der Waals surface area contributed by atoms with E-state index in [1.54, 1.807) is 19.2 Å². The van der Waals surface area contributed by atoms with E-state index in [2.05, 4.69) is 5.32 Å². The average molecular weight is 195 g/mol. The highest BCUT2D eigenvalue weighted by atomic mass is 19.1. The molecule has 0 heterocycles. The van der Waals surface area contributed by atoms with E-state index < -0.39 is 0 Å². The van der Waals surface area contributed by atoms with Crippen molar-refractivity contribution in [2.75, 3.05) is 12.4 Å². The number of benzene rings is 1. The molecule has 0 spiro atoms. The second-order valence-electron chi connectivity index (χ2n) is 3.62. The van der Waals surface area contributed by atoms with Crippen molar-refractivity contribution in [1.29, 1.82) is 0 Å². The first-order chi connectivity index (χ1) is 6.79. The van der Waals surface area contributed by atoms with Gasteiger partial charge in [-0.05, 0) is 31.4 Å². The van der Waals surface area contributed by atoms with E-state index in [9.17, 15) is 4.39 Å². The van der Waals surface area contributed by atoms with Crippen LogP contribution in [0.1, 0.15) is 19.3 Å². The number of nitrogens with one attached hydrogen (secondary N) is 1. The van der Waals surface area contributed by atoms with Gasteiger partial charge in [-0.15, -0.1) is 0 Å². The zero-order valence-corrected chi connectivity index (χ0v) is 8.22. The van der Waals surface area contributed by atoms with Crippen molar-refractivity contribution >= 4 is 5.69 Å². The minimum Gasteiger partial charge on any atom is -0.497 e. The Labute approximate surface area is 83.1 Å². The van der Waals surface area contributed by atoms with Crippen molar-refractivity contribution in [3.05, 3.63) is 24.0 Å². The zero-order chi connectivity index (χ0) is 9.97. The molecule has 2 nitrogen and oxygen atoms in total. The van der Waals surface area contributed by atoms with E-state index in [1.807, 2.05) is 0 Å². The monoisotopic (exact) mass is 195 g/mol. The summed E-state index contributed by atoms with van der Waals surface area (Å²) in [5, 5.41) is 3.17. The highest BCUT2D eigenvalue weighted by Crippen LogP contribution is 2.27. The van der Waals surface area contributed by atoms with Gasteiger partial charge in [-0.25, -0.2) is 4.39 Å². The molecular formula is C11H14FNO. The summed E-state index contributed by atoms with van der Waals surface area (Å²) in [6, 6.07) is 5.20. The standard InChI is InChI=1S/C11H14FNO/c1-14-9-5-6-10(12)11(7-9)13-8-3-2-4-8/h5-8,13H,2-4H2,1H3. The molecule has 0 aromatic heterocycles. The Hall–Kier alpha value is -1.25. The Kier molecular flexibility index (Phi) is 2.57. The van der Waals surface area contributed by atoms with E-state index in [0.29, 0.717) is 17.5 Å². The number of hydrogen-bond acceptors (Lipinski definition) is 2. The van der Waals surface area contributed by atoms with Crippen LogP contribution >= 0.6 is 0 Å². The van der Waals surface area contributed by atoms with Crippen LogP contribution in [0.5, 0.6) is 5.75 Å². The number of halogens is 1. The number of anilines is 1. The highest BCUT2D eigenvalue weighted by molar-refractivity contribution is 5.50. The topological polar surface area (TPSA) is 21.3 Å². The van der Waals surface area contributed by atoms with Crippen LogP contribution in [0.15, 0.2) is 18.2 Å². The molecule has 3 heteroatoms. The maximum absolute atomic E-state index is 13.3. The van der Waals surface area contributed by atoms with Gasteiger partial charge >= 0.3 is 0 Å². The summed E-state index contributed by atoms with van der Waals surface area (Å²) in [5.74, 6) is 0.478. The van der Waals surface area contributed by atoms with Crippen LogP contribution in [0.3, 0.4) is 0 Å². The Morgan fingerprint density at radius 3 is 2.79 bits per heavy atom. The molecule has 0 bridgehead atoms. The van der Waals surface area contributed by atoms with Gasteiger partial charge in [0.15, 0.2) is 0 Å². The number of hydrogen-bond donors (Lipinski definition) is 1. The van der Waals surface area contributed by atoms with Crippen molar-refractivity contribution in [2.45, 2.75) is 25.3 Å². The molecular weight excluding hydrogens is 181 g/mol. The number of ether oxygens (including phenoxy) is 1. The van der Waals surface area contributed by atoms with Gasteiger partial charge in [0.05, 0.1) is 12.8 Å². The summed E-state index contributed by atoms with van der Waals surface area (Å²) >= 11 is 0. The molecule has 1 fully saturated rings. The third-order valence-electron chi connectivity index (χ3n) is 2.64. The molecule has 0 atom stereocenters. The van der Waals surface area contributed by atoms with Gasteiger partial charge in [0.1, 0.15) is 11.6 Å². The number of rotatable bonds is 3. The lowest BCUT2D eigenvalue weighted by molar-refractivity contribution is 0.412. The van der Waals surface area contributed by atoms with Crippen molar-refractivity contribution in [1.82, 2.24) is 0 Å². The Morgan fingerprint density at radius 2 is 2.21 bits per heavy atom. The molecule has 1 aliphatic carbocycles. The van der Waals surface area contributed by atoms with Crippen LogP contribution in [0.25, 0.3) is 0 Å². The Balaban J connectivity index is 2.13. The second kappa shape index (κ2) is 3.86. The second-order valence-corrected chi connectivity index (χ2v) is 3.62. The van der Waals surface area contributed by atoms with E-state index in [-0.39, 0.29) is 5.82 Å². The lowest BCUT2D eigenvalue weighted by Crippen LogP contribution is -2.27. The van der Waals surface area contributed by atoms with Crippen molar-refractivity contribution in [3.8, 4) is 5.75 Å². The molecule has 0 amide bonds. The van der Waals surface area contributed by atoms with Crippen LogP contribution < -0.4 is 10.1 Å². The lowest BCUT2D eigenvalue weighted by atomic mass is 9.93. The van der Waals surface area contributed by atoms with Crippen LogP contribution in [0, 0.1) is 5.82 Å². The molecule has 1 aromatic carbocycles. The van der Waals surface area contributed by atoms with E-state index in [0.717, 1.165) is 12.8 Å². The highest BCUT2D eigenvalue weighted by Gasteiger charge is 2.18. The lowest BCUT2D eigenvalue weighted by Gasteiger charge is -2.27. The molecule has 1 aromatic rings. The first-order valence-corrected chi connectivity index (χ1v) is 4.89. The van der Waals surface area contributed by atoms with Crippen molar-refractivity contribution in [2.24, 2.45) is 0 Å². The molecule has 0 radical (unpaired) electrons. The van der Waals surface area contributed by atoms with Gasteiger partial charge in [0.25, 0.3) is 0 Å². The maximum atomic E-state index is 13.3. The summed E-state index contributed by atoms with van der Waals surface area (Å²) in [6.07, 6.45) is 3.51. The third-order valence-corrected chi connectivity index (χ3v) is 2.64. The summed E-state index contributed by atoms with van der Waals surface area (Å²) < 4.78 is 18.3. The summed E-state index contributed by atoms with van der Waals surface area (Å²) in [7, 11) is 1.58. The van der Waals surface area contributed by atoms with E-state index >= 15 is 0 Å². The molecule has 2 rings (SSSR count). The van der Waals surface area contributed by atoms with Crippen molar-refractivity contribution in [3.63, 3.8) is 0 Å². The molecule has 1 saturated carbocycles. The molecule has 0 unspecified atom stereocenters. The maximum Gasteiger partial charge on any atom is 0.146 e. The predicted octanol–water partition coefficient (Wildman–Crippen LogP) is 2.80. The number of methoxy groups -OCH3 is 1. The van der Waals surface area contributed by atoms with Gasteiger partial charge in [-0.2, -0.15) is 0 Å². The Bertz CT molecular complexity index is 323. The summed E-state index contributed by atoms with van der Waals surface area (Å²) in [5.41, 5.74) is 0.550. The quantitative estimate of drug-likeness (QED) is 0.800. The zero-order valence-electron chi connectivity index (χ0n) is 8.22. The minimum atomic E-state index is -0.210. The largest absolute Gasteiger partial charge is 0.497 e. The van der Waals surface area contributed by atoms with Gasteiger partial charge in [-0.3, -0.25) is 0 Å². The molecule has 76 valence electrons. The molecule has 0 saturated heterocycles. The fourth-order valence-corrected chi connectivity index (χ4v) is 1.51. The first-order valence-electron chi connectivity index (χ1n) is 4.89. The SMILES string of the molecule is COc1ccc(F)c(NC2CCC2)c1. The summed E-state index contributed by atoms with van der Waals surface area (Å²) in [4.78, 5) is 0. The predicted molar refractivity (Wildman–Crippen MR) is 54.2 cm³/mol. The van der Waals surface area contributed by atoms with Crippen LogP contribution in [-0.2, 0) is 0 Å². The summed E-state index contributed by atoms with van der Waals surface area (Å²) in [6.45, 7) is 0. The fraction of sp³-hybridized carbons (Fsp3) is 0.455. The fourth-order valence-electron chi connectivity index (χ4n) is 1.51. The molecule has 1 aliphatic rings. The van der Waals surface area contributed by atoms with Crippen LogP contribution in [-0.4, -0.2) is 13.2 Å². The van der Waals surface area contributed by atoms with Crippen LogP contribution in [0.2, 0.25) is 0 Å². The molecule has 1 N–H and O–H groups in total. The van der Waals surface area contributed by atoms with Crippen molar-refractivity contribution < 1.29 is 9.13 Å².